The Labute approximate surface area is 136 Å². The second kappa shape index (κ2) is 6.87. The predicted molar refractivity (Wildman–Crippen MR) is 88.9 cm³/mol. The largest absolute Gasteiger partial charge is 0.336 e. The van der Waals surface area contributed by atoms with Gasteiger partial charge in [-0.25, -0.2) is 8.42 Å². The number of carbonyl (C=O) groups excluding carboxylic acids is 1. The average molecular weight is 345 g/mol. The lowest BCUT2D eigenvalue weighted by molar-refractivity contribution is 0.0608. The summed E-state index contributed by atoms with van der Waals surface area (Å²) in [5, 5.41) is 0.271. The number of anilines is 1. The van der Waals surface area contributed by atoms with E-state index in [2.05, 4.69) is 11.6 Å². The van der Waals surface area contributed by atoms with E-state index in [0.717, 1.165) is 38.5 Å². The summed E-state index contributed by atoms with van der Waals surface area (Å²) >= 11 is 6.00. The molecule has 1 amide bonds. The van der Waals surface area contributed by atoms with E-state index < -0.39 is 10.0 Å². The maximum Gasteiger partial charge on any atom is 0.254 e. The molecule has 0 bridgehead atoms. The molecule has 1 N–H and O–H groups in total. The Morgan fingerprint density at radius 2 is 2.14 bits per heavy atom. The molecule has 0 spiro atoms. The molecule has 1 aromatic rings. The molecule has 0 saturated carbocycles. The zero-order valence-electron chi connectivity index (χ0n) is 12.8. The van der Waals surface area contributed by atoms with Crippen LogP contribution in [0.2, 0.25) is 5.02 Å². The maximum absolute atomic E-state index is 12.7. The smallest absolute Gasteiger partial charge is 0.254 e. The van der Waals surface area contributed by atoms with Crippen molar-refractivity contribution in [2.45, 2.75) is 38.6 Å². The molecule has 7 heteroatoms. The highest BCUT2D eigenvalue weighted by atomic mass is 35.5. The van der Waals surface area contributed by atoms with Gasteiger partial charge in [0.2, 0.25) is 10.0 Å². The third kappa shape index (κ3) is 4.14. The summed E-state index contributed by atoms with van der Waals surface area (Å²) in [6, 6.07) is 4.95. The second-order valence-corrected chi connectivity index (χ2v) is 7.78. The molecular formula is C15H21ClN2O3S. The molecule has 0 aromatic heterocycles. The summed E-state index contributed by atoms with van der Waals surface area (Å²) in [5.74, 6) is -0.0697. The molecule has 1 aliphatic heterocycles. The van der Waals surface area contributed by atoms with Crippen LogP contribution in [-0.2, 0) is 10.0 Å². The van der Waals surface area contributed by atoms with Crippen LogP contribution in [0.1, 0.15) is 43.0 Å². The number of amides is 1. The van der Waals surface area contributed by atoms with Gasteiger partial charge in [0.1, 0.15) is 0 Å². The highest BCUT2D eigenvalue weighted by molar-refractivity contribution is 7.92. The molecule has 0 unspecified atom stereocenters. The van der Waals surface area contributed by atoms with Crippen LogP contribution in [0, 0.1) is 0 Å². The first-order chi connectivity index (χ1) is 10.3. The van der Waals surface area contributed by atoms with Gasteiger partial charge in [-0.15, -0.1) is 0 Å². The van der Waals surface area contributed by atoms with Gasteiger partial charge in [0, 0.05) is 18.2 Å². The van der Waals surface area contributed by atoms with Gasteiger partial charge in [-0.05, 0) is 43.9 Å². The molecule has 22 heavy (non-hydrogen) atoms. The molecule has 122 valence electrons. The van der Waals surface area contributed by atoms with Crippen molar-refractivity contribution in [2.24, 2.45) is 0 Å². The number of halogens is 1. The number of carbonyl (C=O) groups is 1. The monoisotopic (exact) mass is 344 g/mol. The van der Waals surface area contributed by atoms with E-state index in [1.165, 1.54) is 6.07 Å². The van der Waals surface area contributed by atoms with Crippen LogP contribution >= 0.6 is 11.6 Å². The van der Waals surface area contributed by atoms with E-state index in [4.69, 9.17) is 11.6 Å². The van der Waals surface area contributed by atoms with Gasteiger partial charge in [0.05, 0.1) is 17.0 Å². The van der Waals surface area contributed by atoms with Crippen molar-refractivity contribution in [3.05, 3.63) is 28.8 Å². The third-order valence-electron chi connectivity index (χ3n) is 3.87. The molecule has 1 atom stereocenters. The maximum atomic E-state index is 12.7. The highest BCUT2D eigenvalue weighted by Gasteiger charge is 2.26. The summed E-state index contributed by atoms with van der Waals surface area (Å²) in [6.07, 6.45) is 5.14. The standard InChI is InChI=1S/C15H21ClN2O3S/c1-3-12-6-4-5-9-18(12)15(19)11-7-8-13(16)14(10-11)17-22(2,20)21/h7-8,10,12,17H,3-6,9H2,1-2H3/t12-/m1/s1. The molecular weight excluding hydrogens is 324 g/mol. The number of benzene rings is 1. The summed E-state index contributed by atoms with van der Waals surface area (Å²) < 4.78 is 25.1. The number of nitrogens with one attached hydrogen (secondary N) is 1. The number of piperidine rings is 1. The summed E-state index contributed by atoms with van der Waals surface area (Å²) in [7, 11) is -3.44. The number of nitrogens with zero attached hydrogens (tertiary/aromatic N) is 1. The first kappa shape index (κ1) is 17.1. The van der Waals surface area contributed by atoms with E-state index in [0.29, 0.717) is 5.56 Å². The SMILES string of the molecule is CC[C@@H]1CCCCN1C(=O)c1ccc(Cl)c(NS(C)(=O)=O)c1. The Kier molecular flexibility index (Phi) is 5.34. The van der Waals surface area contributed by atoms with E-state index >= 15 is 0 Å². The lowest BCUT2D eigenvalue weighted by Crippen LogP contribution is -2.43. The molecule has 1 heterocycles. The second-order valence-electron chi connectivity index (χ2n) is 5.63. The fourth-order valence-corrected chi connectivity index (χ4v) is 3.58. The zero-order valence-corrected chi connectivity index (χ0v) is 14.4. The lowest BCUT2D eigenvalue weighted by atomic mass is 9.99. The number of hydrogen-bond donors (Lipinski definition) is 1. The number of likely N-dealkylation sites (tertiary alicyclic amines) is 1. The molecule has 1 aliphatic rings. The fraction of sp³-hybridized carbons (Fsp3) is 0.533. The Morgan fingerprint density at radius 3 is 2.77 bits per heavy atom. The van der Waals surface area contributed by atoms with Crippen LogP contribution in [0.15, 0.2) is 18.2 Å². The zero-order chi connectivity index (χ0) is 16.3. The first-order valence-corrected chi connectivity index (χ1v) is 9.67. The number of hydrogen-bond acceptors (Lipinski definition) is 3. The van der Waals surface area contributed by atoms with Gasteiger partial charge in [0.15, 0.2) is 0 Å². The van der Waals surface area contributed by atoms with Crippen molar-refractivity contribution in [1.82, 2.24) is 4.90 Å². The summed E-state index contributed by atoms with van der Waals surface area (Å²) in [5.41, 5.74) is 0.691. The van der Waals surface area contributed by atoms with Crippen LogP contribution < -0.4 is 4.72 Å². The van der Waals surface area contributed by atoms with E-state index in [1.54, 1.807) is 12.1 Å². The van der Waals surface area contributed by atoms with Gasteiger partial charge in [-0.2, -0.15) is 0 Å². The van der Waals surface area contributed by atoms with Crippen LogP contribution in [0.25, 0.3) is 0 Å². The summed E-state index contributed by atoms with van der Waals surface area (Å²) in [4.78, 5) is 14.6. The van der Waals surface area contributed by atoms with Crippen molar-refractivity contribution >= 4 is 33.2 Å². The van der Waals surface area contributed by atoms with Crippen molar-refractivity contribution < 1.29 is 13.2 Å². The minimum absolute atomic E-state index is 0.0697. The fourth-order valence-electron chi connectivity index (χ4n) is 2.79. The van der Waals surface area contributed by atoms with Crippen molar-refractivity contribution in [3.8, 4) is 0 Å². The molecule has 1 saturated heterocycles. The molecule has 1 fully saturated rings. The Hall–Kier alpha value is -1.27. The van der Waals surface area contributed by atoms with Gasteiger partial charge in [-0.3, -0.25) is 9.52 Å². The molecule has 5 nitrogen and oxygen atoms in total. The van der Waals surface area contributed by atoms with Crippen molar-refractivity contribution in [3.63, 3.8) is 0 Å². The van der Waals surface area contributed by atoms with Crippen molar-refractivity contribution in [1.29, 1.82) is 0 Å². The molecule has 2 rings (SSSR count). The quantitative estimate of drug-likeness (QED) is 0.912. The van der Waals surface area contributed by atoms with E-state index in [1.807, 2.05) is 4.90 Å². The minimum Gasteiger partial charge on any atom is -0.336 e. The molecule has 1 aromatic carbocycles. The number of sulfonamides is 1. The van der Waals surface area contributed by atoms with Crippen LogP contribution in [0.4, 0.5) is 5.69 Å². The summed E-state index contributed by atoms with van der Waals surface area (Å²) in [6.45, 7) is 2.82. The highest BCUT2D eigenvalue weighted by Crippen LogP contribution is 2.27. The lowest BCUT2D eigenvalue weighted by Gasteiger charge is -2.35. The van der Waals surface area contributed by atoms with Crippen LogP contribution in [0.3, 0.4) is 0 Å². The van der Waals surface area contributed by atoms with Gasteiger partial charge >= 0.3 is 0 Å². The van der Waals surface area contributed by atoms with Gasteiger partial charge < -0.3 is 4.90 Å². The minimum atomic E-state index is -3.44. The topological polar surface area (TPSA) is 66.5 Å². The Balaban J connectivity index is 2.28. The Morgan fingerprint density at radius 1 is 1.41 bits per heavy atom. The third-order valence-corrected chi connectivity index (χ3v) is 4.79. The molecule has 0 radical (unpaired) electrons. The van der Waals surface area contributed by atoms with E-state index in [-0.39, 0.29) is 22.7 Å². The van der Waals surface area contributed by atoms with Crippen LogP contribution in [-0.4, -0.2) is 38.1 Å². The molecule has 0 aliphatic carbocycles. The Bertz CT molecular complexity index is 661. The first-order valence-electron chi connectivity index (χ1n) is 7.40. The van der Waals surface area contributed by atoms with Crippen molar-refractivity contribution in [2.75, 3.05) is 17.5 Å². The van der Waals surface area contributed by atoms with E-state index in [9.17, 15) is 13.2 Å². The average Bonchev–Trinajstić information content (AvgIpc) is 2.47. The van der Waals surface area contributed by atoms with Crippen LogP contribution in [0.5, 0.6) is 0 Å². The number of rotatable bonds is 4. The predicted octanol–water partition coefficient (Wildman–Crippen LogP) is 3.12. The van der Waals surface area contributed by atoms with Gasteiger partial charge in [0.25, 0.3) is 5.91 Å². The van der Waals surface area contributed by atoms with Gasteiger partial charge in [-0.1, -0.05) is 18.5 Å². The normalized spacial score (nSPS) is 19.0.